The van der Waals surface area contributed by atoms with Crippen molar-refractivity contribution >= 4 is 75.3 Å². The van der Waals surface area contributed by atoms with Gasteiger partial charge in [0.15, 0.2) is 5.11 Å². The van der Waals surface area contributed by atoms with E-state index in [-0.39, 0.29) is 5.11 Å². The highest BCUT2D eigenvalue weighted by Gasteiger charge is 2.34. The molecule has 0 saturated carbocycles. The van der Waals surface area contributed by atoms with Crippen LogP contribution in [0.1, 0.15) is 15.9 Å². The van der Waals surface area contributed by atoms with Crippen LogP contribution in [0, 0.1) is 6.92 Å². The molecule has 2 aromatic carbocycles. The number of anilines is 1. The molecular formula is C17H15Cl4N3OS. The molecule has 4 nitrogen and oxygen atoms in total. The highest BCUT2D eigenvalue weighted by molar-refractivity contribution is 7.80. The Hall–Kier alpha value is -1.24. The summed E-state index contributed by atoms with van der Waals surface area (Å²) in [5, 5.41) is 9.04. The zero-order valence-electron chi connectivity index (χ0n) is 13.5. The maximum absolute atomic E-state index is 12.4. The highest BCUT2D eigenvalue weighted by Crippen LogP contribution is 2.29. The van der Waals surface area contributed by atoms with E-state index in [4.69, 9.17) is 58.6 Å². The molecule has 1 unspecified atom stereocenters. The van der Waals surface area contributed by atoms with E-state index in [0.29, 0.717) is 16.3 Å². The molecule has 26 heavy (non-hydrogen) atoms. The van der Waals surface area contributed by atoms with Crippen molar-refractivity contribution in [2.45, 2.75) is 16.9 Å². The first-order valence-corrected chi connectivity index (χ1v) is 9.34. The van der Waals surface area contributed by atoms with Gasteiger partial charge in [0.2, 0.25) is 3.79 Å². The summed E-state index contributed by atoms with van der Waals surface area (Å²) in [6.07, 6.45) is -1.06. The van der Waals surface area contributed by atoms with Gasteiger partial charge in [0.05, 0.1) is 0 Å². The average Bonchev–Trinajstić information content (AvgIpc) is 2.53. The number of carbonyl (C=O) groups is 1. The monoisotopic (exact) mass is 449 g/mol. The van der Waals surface area contributed by atoms with E-state index in [1.807, 2.05) is 13.0 Å². The van der Waals surface area contributed by atoms with Crippen LogP contribution in [-0.2, 0) is 0 Å². The number of carbonyl (C=O) groups excluding carboxylic acids is 1. The van der Waals surface area contributed by atoms with Gasteiger partial charge in [-0.3, -0.25) is 4.79 Å². The molecule has 0 aliphatic rings. The third-order valence-corrected chi connectivity index (χ3v) is 4.35. The third kappa shape index (κ3) is 6.49. The van der Waals surface area contributed by atoms with Crippen LogP contribution in [0.2, 0.25) is 5.02 Å². The summed E-state index contributed by atoms with van der Waals surface area (Å²) in [6.45, 7) is 1.88. The number of halogens is 4. The minimum Gasteiger partial charge on any atom is -0.339 e. The summed E-state index contributed by atoms with van der Waals surface area (Å²) in [7, 11) is 0. The summed E-state index contributed by atoms with van der Waals surface area (Å²) >= 11 is 29.1. The van der Waals surface area contributed by atoms with Crippen LogP contribution in [0.5, 0.6) is 0 Å². The van der Waals surface area contributed by atoms with Crippen LogP contribution < -0.4 is 16.0 Å². The van der Waals surface area contributed by atoms with Crippen LogP contribution in [0.25, 0.3) is 0 Å². The molecule has 0 heterocycles. The van der Waals surface area contributed by atoms with Crippen molar-refractivity contribution in [1.82, 2.24) is 10.6 Å². The molecule has 0 fully saturated rings. The Kier molecular flexibility index (Phi) is 7.38. The molecular weight excluding hydrogens is 436 g/mol. The van der Waals surface area contributed by atoms with Crippen molar-refractivity contribution in [3.8, 4) is 0 Å². The maximum Gasteiger partial charge on any atom is 0.252 e. The minimum atomic E-state index is -1.83. The number of hydrogen-bond acceptors (Lipinski definition) is 2. The Morgan fingerprint density at radius 3 is 2.38 bits per heavy atom. The molecule has 0 aromatic heterocycles. The minimum absolute atomic E-state index is 0.160. The summed E-state index contributed by atoms with van der Waals surface area (Å²) < 4.78 is -1.83. The Morgan fingerprint density at radius 2 is 1.77 bits per heavy atom. The highest BCUT2D eigenvalue weighted by atomic mass is 35.6. The Morgan fingerprint density at radius 1 is 1.08 bits per heavy atom. The summed E-state index contributed by atoms with van der Waals surface area (Å²) in [5.41, 5.74) is 2.04. The molecule has 0 aliphatic carbocycles. The number of aryl methyl sites for hydroxylation is 1. The molecule has 0 saturated heterocycles. The van der Waals surface area contributed by atoms with Crippen molar-refractivity contribution in [2.75, 3.05) is 5.32 Å². The first-order chi connectivity index (χ1) is 12.1. The van der Waals surface area contributed by atoms with Gasteiger partial charge in [-0.15, -0.1) is 0 Å². The second kappa shape index (κ2) is 9.11. The second-order valence-corrected chi connectivity index (χ2v) is 8.64. The van der Waals surface area contributed by atoms with Crippen LogP contribution in [0.4, 0.5) is 5.69 Å². The van der Waals surface area contributed by atoms with Crippen LogP contribution in [0.15, 0.2) is 48.5 Å². The zero-order chi connectivity index (χ0) is 19.3. The third-order valence-electron chi connectivity index (χ3n) is 3.24. The van der Waals surface area contributed by atoms with Gasteiger partial charge in [0, 0.05) is 16.3 Å². The lowest BCUT2D eigenvalue weighted by Crippen LogP contribution is -2.56. The van der Waals surface area contributed by atoms with Crippen LogP contribution in [-0.4, -0.2) is 21.0 Å². The fourth-order valence-electron chi connectivity index (χ4n) is 2.06. The van der Waals surface area contributed by atoms with Crippen molar-refractivity contribution in [1.29, 1.82) is 0 Å². The largest absolute Gasteiger partial charge is 0.339 e. The summed E-state index contributed by atoms with van der Waals surface area (Å²) in [5.74, 6) is -0.400. The Bertz CT molecular complexity index is 811. The van der Waals surface area contributed by atoms with E-state index in [1.165, 1.54) is 0 Å². The number of nitrogens with one attached hydrogen (secondary N) is 3. The first-order valence-electron chi connectivity index (χ1n) is 7.42. The fraction of sp³-hybridized carbons (Fsp3) is 0.176. The molecule has 1 atom stereocenters. The van der Waals surface area contributed by atoms with Crippen LogP contribution >= 0.6 is 58.6 Å². The van der Waals surface area contributed by atoms with E-state index in [0.717, 1.165) is 5.56 Å². The van der Waals surface area contributed by atoms with Gasteiger partial charge < -0.3 is 16.0 Å². The van der Waals surface area contributed by atoms with Crippen molar-refractivity contribution in [2.24, 2.45) is 0 Å². The van der Waals surface area contributed by atoms with Gasteiger partial charge in [0.25, 0.3) is 5.91 Å². The van der Waals surface area contributed by atoms with E-state index < -0.39 is 15.9 Å². The number of alkyl halides is 3. The molecule has 0 spiro atoms. The lowest BCUT2D eigenvalue weighted by Gasteiger charge is -2.27. The van der Waals surface area contributed by atoms with Gasteiger partial charge in [0.1, 0.15) is 6.17 Å². The number of amides is 1. The van der Waals surface area contributed by atoms with Crippen molar-refractivity contribution in [3.63, 3.8) is 0 Å². The number of rotatable bonds is 4. The molecule has 0 aliphatic heterocycles. The van der Waals surface area contributed by atoms with Gasteiger partial charge >= 0.3 is 0 Å². The lowest BCUT2D eigenvalue weighted by atomic mass is 10.1. The molecule has 2 rings (SSSR count). The molecule has 0 bridgehead atoms. The average molecular weight is 451 g/mol. The normalized spacial score (nSPS) is 12.2. The number of benzene rings is 2. The smallest absolute Gasteiger partial charge is 0.252 e. The maximum atomic E-state index is 12.4. The zero-order valence-corrected chi connectivity index (χ0v) is 17.4. The van der Waals surface area contributed by atoms with E-state index >= 15 is 0 Å². The molecule has 2 aromatic rings. The first kappa shape index (κ1) is 21.1. The standard InChI is InChI=1S/C17H15Cl4N3OS/c1-10-4-2-5-11(8-10)14(25)23-15(17(19,20)21)24-16(26)22-13-7-3-6-12(18)9-13/h2-9,15H,1H3,(H,23,25)(H2,22,24,26). The van der Waals surface area contributed by atoms with Crippen LogP contribution in [0.3, 0.4) is 0 Å². The lowest BCUT2D eigenvalue weighted by molar-refractivity contribution is 0.0934. The predicted molar refractivity (Wildman–Crippen MR) is 114 cm³/mol. The van der Waals surface area contributed by atoms with E-state index in [9.17, 15) is 4.79 Å². The van der Waals surface area contributed by atoms with Crippen molar-refractivity contribution in [3.05, 3.63) is 64.7 Å². The van der Waals surface area contributed by atoms with Gasteiger partial charge in [-0.05, 0) is 49.5 Å². The Balaban J connectivity index is 2.07. The summed E-state index contributed by atoms with van der Waals surface area (Å²) in [4.78, 5) is 12.4. The molecule has 1 amide bonds. The molecule has 138 valence electrons. The topological polar surface area (TPSA) is 53.2 Å². The van der Waals surface area contributed by atoms with E-state index in [2.05, 4.69) is 16.0 Å². The number of hydrogen-bond donors (Lipinski definition) is 3. The summed E-state index contributed by atoms with van der Waals surface area (Å²) in [6, 6.07) is 14.0. The SMILES string of the molecule is Cc1cccc(C(=O)NC(NC(=S)Nc2cccc(Cl)c2)C(Cl)(Cl)Cl)c1. The van der Waals surface area contributed by atoms with Gasteiger partial charge in [-0.1, -0.05) is 70.2 Å². The molecule has 3 N–H and O–H groups in total. The fourth-order valence-corrected chi connectivity index (χ4v) is 2.82. The quantitative estimate of drug-likeness (QED) is 0.346. The second-order valence-electron chi connectivity index (χ2n) is 5.43. The predicted octanol–water partition coefficient (Wildman–Crippen LogP) is 5.06. The number of thiocarbonyl (C=S) groups is 1. The molecule has 0 radical (unpaired) electrons. The van der Waals surface area contributed by atoms with Crippen molar-refractivity contribution < 1.29 is 4.79 Å². The molecule has 9 heteroatoms. The Labute approximate surface area is 177 Å². The van der Waals surface area contributed by atoms with Gasteiger partial charge in [-0.2, -0.15) is 0 Å². The van der Waals surface area contributed by atoms with Gasteiger partial charge in [-0.25, -0.2) is 0 Å². The van der Waals surface area contributed by atoms with E-state index in [1.54, 1.807) is 42.5 Å².